The fraction of sp³-hybridized carbons (Fsp3) is 0.364. The minimum absolute atomic E-state index is 0.544. The predicted molar refractivity (Wildman–Crippen MR) is 58.4 cm³/mol. The van der Waals surface area contributed by atoms with E-state index in [0.29, 0.717) is 6.04 Å². The molecule has 1 atom stereocenters. The molecule has 1 aromatic rings. The fourth-order valence-corrected chi connectivity index (χ4v) is 2.14. The maximum absolute atomic E-state index is 3.49. The second-order valence-electron chi connectivity index (χ2n) is 3.38. The van der Waals surface area contributed by atoms with Crippen LogP contribution in [0, 0.1) is 6.42 Å². The number of rotatable bonds is 1. The molecule has 1 radical (unpaired) electrons. The first-order valence-electron chi connectivity index (χ1n) is 4.67. The van der Waals surface area contributed by atoms with Crippen molar-refractivity contribution < 1.29 is 0 Å². The standard InChI is InChI=1S/C11H13BrN/c12-10-5-3-4-9(8-10)11-6-1-2-7-13-11/h2-5,8,11,13H,1,6-7H2. The number of piperidine rings is 1. The highest BCUT2D eigenvalue weighted by atomic mass is 79.9. The maximum Gasteiger partial charge on any atom is 0.0320 e. The fourth-order valence-electron chi connectivity index (χ4n) is 1.72. The molecule has 1 N–H and O–H groups in total. The zero-order chi connectivity index (χ0) is 9.10. The lowest BCUT2D eigenvalue weighted by molar-refractivity contribution is 0.468. The summed E-state index contributed by atoms with van der Waals surface area (Å²) in [5, 5.41) is 3.49. The predicted octanol–water partition coefficient (Wildman–Crippen LogP) is 3.08. The van der Waals surface area contributed by atoms with Crippen LogP contribution >= 0.6 is 15.9 Å². The zero-order valence-corrected chi connectivity index (χ0v) is 9.05. The first-order valence-corrected chi connectivity index (χ1v) is 5.46. The van der Waals surface area contributed by atoms with Crippen molar-refractivity contribution in [2.24, 2.45) is 0 Å². The number of hydrogen-bond donors (Lipinski definition) is 1. The third-order valence-electron chi connectivity index (χ3n) is 2.42. The Bertz CT molecular complexity index is 279. The minimum Gasteiger partial charge on any atom is -0.310 e. The van der Waals surface area contributed by atoms with E-state index in [4.69, 9.17) is 0 Å². The van der Waals surface area contributed by atoms with Crippen LogP contribution in [0.25, 0.3) is 0 Å². The van der Waals surface area contributed by atoms with Gasteiger partial charge in [-0.3, -0.25) is 0 Å². The van der Waals surface area contributed by atoms with Gasteiger partial charge in [-0.2, -0.15) is 0 Å². The summed E-state index contributed by atoms with van der Waals surface area (Å²) >= 11 is 3.49. The quantitative estimate of drug-likeness (QED) is 0.794. The number of nitrogens with one attached hydrogen (secondary N) is 1. The van der Waals surface area contributed by atoms with Crippen molar-refractivity contribution in [3.63, 3.8) is 0 Å². The van der Waals surface area contributed by atoms with Crippen molar-refractivity contribution in [1.29, 1.82) is 0 Å². The molecule has 0 aromatic heterocycles. The molecule has 0 saturated carbocycles. The molecule has 1 fully saturated rings. The van der Waals surface area contributed by atoms with Gasteiger partial charge in [0.2, 0.25) is 0 Å². The SMILES string of the molecule is Brc1cccc(C2CC[CH]CN2)c1. The number of hydrogen-bond acceptors (Lipinski definition) is 1. The third-order valence-corrected chi connectivity index (χ3v) is 2.91. The Labute approximate surface area is 87.7 Å². The van der Waals surface area contributed by atoms with Crippen LogP contribution in [-0.4, -0.2) is 6.54 Å². The molecule has 1 aliphatic rings. The average Bonchev–Trinajstić information content (AvgIpc) is 2.19. The number of benzene rings is 1. The van der Waals surface area contributed by atoms with Gasteiger partial charge in [-0.1, -0.05) is 28.1 Å². The van der Waals surface area contributed by atoms with E-state index in [2.05, 4.69) is 51.9 Å². The summed E-state index contributed by atoms with van der Waals surface area (Å²) in [7, 11) is 0. The van der Waals surface area contributed by atoms with Gasteiger partial charge >= 0.3 is 0 Å². The van der Waals surface area contributed by atoms with Crippen LogP contribution in [0.1, 0.15) is 24.4 Å². The smallest absolute Gasteiger partial charge is 0.0320 e. The third kappa shape index (κ3) is 2.32. The highest BCUT2D eigenvalue weighted by Gasteiger charge is 2.14. The molecular formula is C11H13BrN. The summed E-state index contributed by atoms with van der Waals surface area (Å²) in [5.74, 6) is 0. The topological polar surface area (TPSA) is 12.0 Å². The van der Waals surface area contributed by atoms with Crippen molar-refractivity contribution in [3.05, 3.63) is 40.7 Å². The molecule has 69 valence electrons. The second kappa shape index (κ2) is 4.25. The van der Waals surface area contributed by atoms with Crippen molar-refractivity contribution in [2.75, 3.05) is 6.54 Å². The van der Waals surface area contributed by atoms with Crippen LogP contribution in [-0.2, 0) is 0 Å². The molecule has 0 amide bonds. The lowest BCUT2D eigenvalue weighted by Gasteiger charge is -2.23. The molecule has 1 heterocycles. The van der Waals surface area contributed by atoms with Gasteiger partial charge < -0.3 is 5.32 Å². The largest absolute Gasteiger partial charge is 0.310 e. The van der Waals surface area contributed by atoms with E-state index in [1.807, 2.05) is 0 Å². The lowest BCUT2D eigenvalue weighted by Crippen LogP contribution is -2.27. The van der Waals surface area contributed by atoms with Gasteiger partial charge in [0.15, 0.2) is 0 Å². The summed E-state index contributed by atoms with van der Waals surface area (Å²) in [4.78, 5) is 0. The van der Waals surface area contributed by atoms with Crippen LogP contribution in [0.15, 0.2) is 28.7 Å². The van der Waals surface area contributed by atoms with Crippen molar-refractivity contribution in [3.8, 4) is 0 Å². The molecule has 1 saturated heterocycles. The summed E-state index contributed by atoms with van der Waals surface area (Å²) in [5.41, 5.74) is 1.39. The zero-order valence-electron chi connectivity index (χ0n) is 7.46. The second-order valence-corrected chi connectivity index (χ2v) is 4.30. The molecule has 0 bridgehead atoms. The Morgan fingerprint density at radius 3 is 3.00 bits per heavy atom. The van der Waals surface area contributed by atoms with E-state index < -0.39 is 0 Å². The highest BCUT2D eigenvalue weighted by molar-refractivity contribution is 9.10. The summed E-state index contributed by atoms with van der Waals surface area (Å²) in [6.07, 6.45) is 4.75. The minimum atomic E-state index is 0.544. The Balaban J connectivity index is 2.14. The summed E-state index contributed by atoms with van der Waals surface area (Å²) < 4.78 is 1.17. The molecule has 2 rings (SSSR count). The monoisotopic (exact) mass is 238 g/mol. The van der Waals surface area contributed by atoms with Crippen LogP contribution in [0.2, 0.25) is 0 Å². The molecule has 1 aliphatic heterocycles. The maximum atomic E-state index is 3.49. The van der Waals surface area contributed by atoms with Crippen molar-refractivity contribution in [2.45, 2.75) is 18.9 Å². The first-order chi connectivity index (χ1) is 6.36. The normalized spacial score (nSPS) is 23.0. The van der Waals surface area contributed by atoms with Crippen molar-refractivity contribution >= 4 is 15.9 Å². The van der Waals surface area contributed by atoms with Gasteiger partial charge in [0, 0.05) is 10.5 Å². The molecule has 1 unspecified atom stereocenters. The van der Waals surface area contributed by atoms with E-state index >= 15 is 0 Å². The van der Waals surface area contributed by atoms with Crippen LogP contribution in [0.4, 0.5) is 0 Å². The Morgan fingerprint density at radius 2 is 2.31 bits per heavy atom. The van der Waals surface area contributed by atoms with Gasteiger partial charge in [0.05, 0.1) is 0 Å². The molecule has 1 aromatic carbocycles. The molecule has 0 aliphatic carbocycles. The van der Waals surface area contributed by atoms with Crippen LogP contribution in [0.3, 0.4) is 0 Å². The Hall–Kier alpha value is -0.340. The van der Waals surface area contributed by atoms with Crippen LogP contribution < -0.4 is 5.32 Å². The van der Waals surface area contributed by atoms with E-state index in [0.717, 1.165) is 6.54 Å². The van der Waals surface area contributed by atoms with Gasteiger partial charge in [0.1, 0.15) is 0 Å². The molecule has 1 nitrogen and oxygen atoms in total. The average molecular weight is 239 g/mol. The van der Waals surface area contributed by atoms with E-state index in [1.165, 1.54) is 22.9 Å². The van der Waals surface area contributed by atoms with E-state index in [1.54, 1.807) is 0 Å². The Kier molecular flexibility index (Phi) is 3.01. The molecule has 0 spiro atoms. The van der Waals surface area contributed by atoms with E-state index in [-0.39, 0.29) is 0 Å². The molecular weight excluding hydrogens is 226 g/mol. The highest BCUT2D eigenvalue weighted by Crippen LogP contribution is 2.24. The number of halogens is 1. The summed E-state index contributed by atoms with van der Waals surface area (Å²) in [6.45, 7) is 1.04. The first kappa shape index (κ1) is 9.22. The van der Waals surface area contributed by atoms with Gasteiger partial charge in [-0.05, 0) is 43.5 Å². The lowest BCUT2D eigenvalue weighted by atomic mass is 9.98. The summed E-state index contributed by atoms with van der Waals surface area (Å²) in [6, 6.07) is 9.09. The van der Waals surface area contributed by atoms with Gasteiger partial charge in [0.25, 0.3) is 0 Å². The molecule has 13 heavy (non-hydrogen) atoms. The van der Waals surface area contributed by atoms with Gasteiger partial charge in [-0.25, -0.2) is 0 Å². The Morgan fingerprint density at radius 1 is 1.38 bits per heavy atom. The molecule has 2 heteroatoms. The van der Waals surface area contributed by atoms with Gasteiger partial charge in [-0.15, -0.1) is 0 Å². The van der Waals surface area contributed by atoms with E-state index in [9.17, 15) is 0 Å². The van der Waals surface area contributed by atoms with Crippen molar-refractivity contribution in [1.82, 2.24) is 5.32 Å². The van der Waals surface area contributed by atoms with Crippen LogP contribution in [0.5, 0.6) is 0 Å².